The molecule has 0 heterocycles. The number of hydrogen-bond donors (Lipinski definition) is 1. The Morgan fingerprint density at radius 3 is 2.86 bits per heavy atom. The number of hydrogen-bond acceptors (Lipinski definition) is 2. The van der Waals surface area contributed by atoms with Gasteiger partial charge in [-0.2, -0.15) is 0 Å². The number of rotatable bonds is 6. The summed E-state index contributed by atoms with van der Waals surface area (Å²) in [6, 6.07) is 6.25. The Balaban J connectivity index is 2.11. The fourth-order valence-corrected chi connectivity index (χ4v) is 3.46. The van der Waals surface area contributed by atoms with Crippen LogP contribution in [0.4, 0.5) is 0 Å². The molecule has 118 valence electrons. The van der Waals surface area contributed by atoms with E-state index >= 15 is 0 Å². The van der Waals surface area contributed by atoms with E-state index in [0.717, 1.165) is 23.2 Å². The number of ether oxygens (including phenoxy) is 1. The van der Waals surface area contributed by atoms with Gasteiger partial charge in [0, 0.05) is 16.6 Å². The van der Waals surface area contributed by atoms with Crippen LogP contribution in [0.3, 0.4) is 0 Å². The van der Waals surface area contributed by atoms with Crippen molar-refractivity contribution in [2.75, 3.05) is 6.54 Å². The van der Waals surface area contributed by atoms with Gasteiger partial charge in [-0.25, -0.2) is 0 Å². The predicted octanol–water partition coefficient (Wildman–Crippen LogP) is 5.36. The van der Waals surface area contributed by atoms with E-state index in [1.165, 1.54) is 37.7 Å². The van der Waals surface area contributed by atoms with Crippen LogP contribution in [0.1, 0.15) is 64.5 Å². The minimum atomic E-state index is 0.259. The van der Waals surface area contributed by atoms with Crippen molar-refractivity contribution in [3.63, 3.8) is 0 Å². The summed E-state index contributed by atoms with van der Waals surface area (Å²) in [5.74, 6) is 1.82. The van der Waals surface area contributed by atoms with Crippen molar-refractivity contribution >= 4 is 11.6 Å². The van der Waals surface area contributed by atoms with Crippen LogP contribution in [0, 0.1) is 5.92 Å². The average Bonchev–Trinajstić information content (AvgIpc) is 2.49. The first-order valence-corrected chi connectivity index (χ1v) is 8.71. The molecule has 21 heavy (non-hydrogen) atoms. The second-order valence-corrected chi connectivity index (χ2v) is 6.58. The highest BCUT2D eigenvalue weighted by Crippen LogP contribution is 2.33. The van der Waals surface area contributed by atoms with Gasteiger partial charge in [0.15, 0.2) is 0 Å². The highest BCUT2D eigenvalue weighted by Gasteiger charge is 2.23. The quantitative estimate of drug-likeness (QED) is 0.764. The Kier molecular flexibility index (Phi) is 6.38. The Morgan fingerprint density at radius 2 is 2.14 bits per heavy atom. The highest BCUT2D eigenvalue weighted by molar-refractivity contribution is 6.30. The standard InChI is InChI=1S/C18H28ClNO/c1-4-14-7-6-8-16(11-14)21-18-10-9-15(19)12-17(18)13(3)20-5-2/h9-10,12-14,16,20H,4-8,11H2,1-3H3. The van der Waals surface area contributed by atoms with E-state index in [9.17, 15) is 0 Å². The summed E-state index contributed by atoms with van der Waals surface area (Å²) in [7, 11) is 0. The van der Waals surface area contributed by atoms with E-state index in [2.05, 4.69) is 26.1 Å². The molecule has 1 N–H and O–H groups in total. The van der Waals surface area contributed by atoms with Crippen LogP contribution in [-0.4, -0.2) is 12.6 Å². The zero-order valence-electron chi connectivity index (χ0n) is 13.5. The molecule has 0 aliphatic heterocycles. The number of benzene rings is 1. The summed E-state index contributed by atoms with van der Waals surface area (Å²) >= 11 is 6.17. The van der Waals surface area contributed by atoms with Crippen LogP contribution in [0.25, 0.3) is 0 Å². The summed E-state index contributed by atoms with van der Waals surface area (Å²) in [6.45, 7) is 7.51. The Morgan fingerprint density at radius 1 is 1.33 bits per heavy atom. The third-order valence-electron chi connectivity index (χ3n) is 4.55. The molecule has 0 radical (unpaired) electrons. The monoisotopic (exact) mass is 309 g/mol. The molecule has 3 heteroatoms. The lowest BCUT2D eigenvalue weighted by atomic mass is 9.85. The Hall–Kier alpha value is -0.730. The summed E-state index contributed by atoms with van der Waals surface area (Å²) in [5.41, 5.74) is 1.17. The molecular formula is C18H28ClNO. The maximum absolute atomic E-state index is 6.34. The van der Waals surface area contributed by atoms with Crippen LogP contribution in [-0.2, 0) is 0 Å². The SMILES string of the molecule is CCNC(C)c1cc(Cl)ccc1OC1CCCC(CC)C1. The van der Waals surface area contributed by atoms with E-state index in [-0.39, 0.29) is 6.04 Å². The number of halogens is 1. The first-order chi connectivity index (χ1) is 10.1. The van der Waals surface area contributed by atoms with Gasteiger partial charge < -0.3 is 10.1 Å². The van der Waals surface area contributed by atoms with Crippen LogP contribution in [0.2, 0.25) is 5.02 Å². The smallest absolute Gasteiger partial charge is 0.124 e. The summed E-state index contributed by atoms with van der Waals surface area (Å²) in [6.07, 6.45) is 6.63. The van der Waals surface area contributed by atoms with Gasteiger partial charge in [-0.05, 0) is 56.8 Å². The number of nitrogens with one attached hydrogen (secondary N) is 1. The zero-order chi connectivity index (χ0) is 15.2. The maximum Gasteiger partial charge on any atom is 0.124 e. The van der Waals surface area contributed by atoms with Gasteiger partial charge >= 0.3 is 0 Å². The molecule has 0 aromatic heterocycles. The second-order valence-electron chi connectivity index (χ2n) is 6.14. The highest BCUT2D eigenvalue weighted by atomic mass is 35.5. The van der Waals surface area contributed by atoms with Gasteiger partial charge in [0.2, 0.25) is 0 Å². The lowest BCUT2D eigenvalue weighted by Crippen LogP contribution is -2.26. The lowest BCUT2D eigenvalue weighted by Gasteiger charge is -2.30. The molecule has 0 amide bonds. The van der Waals surface area contributed by atoms with Crippen molar-refractivity contribution in [3.8, 4) is 5.75 Å². The summed E-state index contributed by atoms with van der Waals surface area (Å²) < 4.78 is 6.34. The molecule has 1 aliphatic rings. The molecule has 0 bridgehead atoms. The molecule has 0 spiro atoms. The summed E-state index contributed by atoms with van der Waals surface area (Å²) in [5, 5.41) is 4.22. The molecule has 1 aliphatic carbocycles. The molecule has 3 unspecified atom stereocenters. The third-order valence-corrected chi connectivity index (χ3v) is 4.79. The molecule has 2 nitrogen and oxygen atoms in total. The summed E-state index contributed by atoms with van der Waals surface area (Å²) in [4.78, 5) is 0. The Bertz CT molecular complexity index is 449. The lowest BCUT2D eigenvalue weighted by molar-refractivity contribution is 0.120. The van der Waals surface area contributed by atoms with E-state index in [0.29, 0.717) is 6.10 Å². The van der Waals surface area contributed by atoms with Crippen molar-refractivity contribution in [3.05, 3.63) is 28.8 Å². The predicted molar refractivity (Wildman–Crippen MR) is 90.2 cm³/mol. The van der Waals surface area contributed by atoms with Crippen molar-refractivity contribution in [1.29, 1.82) is 0 Å². The maximum atomic E-state index is 6.34. The minimum Gasteiger partial charge on any atom is -0.490 e. The van der Waals surface area contributed by atoms with E-state index in [1.807, 2.05) is 18.2 Å². The van der Waals surface area contributed by atoms with Crippen molar-refractivity contribution < 1.29 is 4.74 Å². The van der Waals surface area contributed by atoms with Gasteiger partial charge in [0.25, 0.3) is 0 Å². The molecule has 1 aromatic carbocycles. The second kappa shape index (κ2) is 8.05. The average molecular weight is 310 g/mol. The minimum absolute atomic E-state index is 0.259. The third kappa shape index (κ3) is 4.62. The Labute approximate surface area is 134 Å². The van der Waals surface area contributed by atoms with Crippen molar-refractivity contribution in [2.24, 2.45) is 5.92 Å². The first kappa shape index (κ1) is 16.6. The van der Waals surface area contributed by atoms with Gasteiger partial charge in [-0.1, -0.05) is 38.3 Å². The van der Waals surface area contributed by atoms with Crippen LogP contribution >= 0.6 is 11.6 Å². The van der Waals surface area contributed by atoms with Crippen LogP contribution in [0.15, 0.2) is 18.2 Å². The van der Waals surface area contributed by atoms with Gasteiger partial charge in [0.05, 0.1) is 6.10 Å². The normalized spacial score (nSPS) is 23.8. The van der Waals surface area contributed by atoms with Gasteiger partial charge in [-0.15, -0.1) is 0 Å². The van der Waals surface area contributed by atoms with E-state index in [1.54, 1.807) is 0 Å². The molecule has 1 saturated carbocycles. The topological polar surface area (TPSA) is 21.3 Å². The van der Waals surface area contributed by atoms with Gasteiger partial charge in [0.1, 0.15) is 5.75 Å². The van der Waals surface area contributed by atoms with Crippen LogP contribution < -0.4 is 10.1 Å². The molecule has 1 fully saturated rings. The molecule has 2 rings (SSSR count). The van der Waals surface area contributed by atoms with Crippen LogP contribution in [0.5, 0.6) is 5.75 Å². The molecule has 0 saturated heterocycles. The van der Waals surface area contributed by atoms with Gasteiger partial charge in [-0.3, -0.25) is 0 Å². The molecule has 3 atom stereocenters. The zero-order valence-corrected chi connectivity index (χ0v) is 14.2. The van der Waals surface area contributed by atoms with Crippen molar-refractivity contribution in [1.82, 2.24) is 5.32 Å². The largest absolute Gasteiger partial charge is 0.490 e. The molecular weight excluding hydrogens is 282 g/mol. The van der Waals surface area contributed by atoms with E-state index < -0.39 is 0 Å². The fourth-order valence-electron chi connectivity index (χ4n) is 3.28. The first-order valence-electron chi connectivity index (χ1n) is 8.33. The van der Waals surface area contributed by atoms with Crippen molar-refractivity contribution in [2.45, 2.75) is 65.0 Å². The fraction of sp³-hybridized carbons (Fsp3) is 0.667. The molecule has 1 aromatic rings. The van der Waals surface area contributed by atoms with E-state index in [4.69, 9.17) is 16.3 Å².